The molecule has 0 saturated heterocycles. The van der Waals surface area contributed by atoms with E-state index in [9.17, 15) is 4.79 Å². The Morgan fingerprint density at radius 1 is 1.08 bits per heavy atom. The van der Waals surface area contributed by atoms with Crippen LogP contribution in [0.1, 0.15) is 22.5 Å². The maximum Gasteiger partial charge on any atom is 0.253 e. The highest BCUT2D eigenvalue weighted by Gasteiger charge is 2.21. The van der Waals surface area contributed by atoms with Crippen LogP contribution in [-0.4, -0.2) is 27.4 Å². The molecule has 0 saturated carbocycles. The second-order valence-corrected chi connectivity index (χ2v) is 6.36. The maximum atomic E-state index is 12.5. The van der Waals surface area contributed by atoms with Crippen molar-refractivity contribution in [1.82, 2.24) is 20.3 Å². The Morgan fingerprint density at radius 2 is 2.04 bits per heavy atom. The lowest BCUT2D eigenvalue weighted by Gasteiger charge is -2.05. The molecule has 1 aromatic carbocycles. The lowest BCUT2D eigenvalue weighted by atomic mass is 10.0. The molecule has 4 aromatic rings. The third kappa shape index (κ3) is 2.20. The van der Waals surface area contributed by atoms with Crippen molar-refractivity contribution in [2.75, 3.05) is 6.54 Å². The first kappa shape index (κ1) is 14.2. The average Bonchev–Trinajstić information content (AvgIpc) is 2.94. The highest BCUT2D eigenvalue weighted by molar-refractivity contribution is 6.15. The number of nitrogens with zero attached hydrogens (tertiary/aromatic N) is 2. The van der Waals surface area contributed by atoms with Crippen LogP contribution in [0, 0.1) is 0 Å². The zero-order valence-electron chi connectivity index (χ0n) is 13.5. The largest absolute Gasteiger partial charge is 0.357 e. The minimum Gasteiger partial charge on any atom is -0.357 e. The molecule has 2 N–H and O–H groups in total. The summed E-state index contributed by atoms with van der Waals surface area (Å²) in [7, 11) is 0. The maximum absolute atomic E-state index is 12.5. The molecule has 0 unspecified atom stereocenters. The lowest BCUT2D eigenvalue weighted by molar-refractivity contribution is 0.0957. The molecule has 5 heteroatoms. The average molecular weight is 328 g/mol. The number of hydrogen-bond acceptors (Lipinski definition) is 3. The van der Waals surface area contributed by atoms with Gasteiger partial charge < -0.3 is 10.3 Å². The summed E-state index contributed by atoms with van der Waals surface area (Å²) in [6.45, 7) is 0.728. The number of fused-ring (bicyclic) bond motifs is 5. The number of nitrogens with one attached hydrogen (secondary N) is 2. The molecule has 5 nitrogen and oxygen atoms in total. The van der Waals surface area contributed by atoms with Gasteiger partial charge in [-0.1, -0.05) is 12.1 Å². The van der Waals surface area contributed by atoms with Crippen LogP contribution < -0.4 is 5.32 Å². The standard InChI is InChI=1S/C20H16N4O/c25-20-18-14-6-5-12-11-23-17(13-3-1-7-21-10-13)9-15(12)19(14)24-16(18)4-2-8-22-20/h1,3,5-7,9-11,24H,2,4,8H2,(H,22,25). The molecule has 1 aliphatic rings. The van der Waals surface area contributed by atoms with Crippen LogP contribution in [0.15, 0.2) is 48.9 Å². The minimum atomic E-state index is 0.0136. The number of aryl methyl sites for hydroxylation is 1. The van der Waals surface area contributed by atoms with E-state index in [1.807, 2.05) is 36.7 Å². The number of aromatic nitrogens is 3. The van der Waals surface area contributed by atoms with Gasteiger partial charge in [0.25, 0.3) is 5.91 Å². The summed E-state index contributed by atoms with van der Waals surface area (Å²) in [5, 5.41) is 6.09. The summed E-state index contributed by atoms with van der Waals surface area (Å²) in [5.74, 6) is 0.0136. The monoisotopic (exact) mass is 328 g/mol. The van der Waals surface area contributed by atoms with Crippen molar-refractivity contribution in [1.29, 1.82) is 0 Å². The van der Waals surface area contributed by atoms with Crippen LogP contribution in [0.2, 0.25) is 0 Å². The second kappa shape index (κ2) is 5.41. The van der Waals surface area contributed by atoms with Gasteiger partial charge in [0.15, 0.2) is 0 Å². The van der Waals surface area contributed by atoms with E-state index in [1.54, 1.807) is 6.20 Å². The Hall–Kier alpha value is -3.21. The minimum absolute atomic E-state index is 0.0136. The van der Waals surface area contributed by atoms with Crippen LogP contribution in [0.3, 0.4) is 0 Å². The summed E-state index contributed by atoms with van der Waals surface area (Å²) in [4.78, 5) is 24.7. The topological polar surface area (TPSA) is 70.7 Å². The number of amides is 1. The molecule has 0 bridgehead atoms. The number of H-pyrrole nitrogens is 1. The third-order valence-electron chi connectivity index (χ3n) is 4.82. The second-order valence-electron chi connectivity index (χ2n) is 6.36. The molecular formula is C20H16N4O. The Balaban J connectivity index is 1.80. The molecule has 0 radical (unpaired) electrons. The number of pyridine rings is 2. The molecule has 1 amide bonds. The van der Waals surface area contributed by atoms with Gasteiger partial charge in [0.1, 0.15) is 0 Å². The van der Waals surface area contributed by atoms with Gasteiger partial charge in [-0.3, -0.25) is 14.8 Å². The first-order chi connectivity index (χ1) is 12.3. The van der Waals surface area contributed by atoms with E-state index in [0.717, 1.165) is 63.6 Å². The number of carbonyl (C=O) groups is 1. The van der Waals surface area contributed by atoms with Crippen LogP contribution >= 0.6 is 0 Å². The molecule has 0 fully saturated rings. The predicted octanol–water partition coefficient (Wildman–Crippen LogP) is 3.45. The zero-order valence-corrected chi connectivity index (χ0v) is 13.5. The highest BCUT2D eigenvalue weighted by Crippen LogP contribution is 2.32. The fourth-order valence-corrected chi connectivity index (χ4v) is 3.61. The van der Waals surface area contributed by atoms with Gasteiger partial charge in [0.2, 0.25) is 0 Å². The van der Waals surface area contributed by atoms with Crippen LogP contribution in [0.4, 0.5) is 0 Å². The normalized spacial score (nSPS) is 14.3. The van der Waals surface area contributed by atoms with Gasteiger partial charge in [-0.2, -0.15) is 0 Å². The van der Waals surface area contributed by atoms with E-state index < -0.39 is 0 Å². The predicted molar refractivity (Wildman–Crippen MR) is 97.5 cm³/mol. The zero-order chi connectivity index (χ0) is 16.8. The van der Waals surface area contributed by atoms with Crippen molar-refractivity contribution in [2.24, 2.45) is 0 Å². The van der Waals surface area contributed by atoms with E-state index in [1.165, 1.54) is 0 Å². The highest BCUT2D eigenvalue weighted by atomic mass is 16.1. The van der Waals surface area contributed by atoms with Gasteiger partial charge >= 0.3 is 0 Å². The molecule has 5 rings (SSSR count). The number of aromatic amines is 1. The van der Waals surface area contributed by atoms with Crippen molar-refractivity contribution in [3.63, 3.8) is 0 Å². The van der Waals surface area contributed by atoms with Gasteiger partial charge in [-0.15, -0.1) is 0 Å². The quantitative estimate of drug-likeness (QED) is 0.562. The summed E-state index contributed by atoms with van der Waals surface area (Å²) in [6, 6.07) is 10.0. The van der Waals surface area contributed by atoms with Gasteiger partial charge in [0.05, 0.1) is 16.8 Å². The summed E-state index contributed by atoms with van der Waals surface area (Å²) >= 11 is 0. The summed E-state index contributed by atoms with van der Waals surface area (Å²) in [5.41, 5.74) is 4.67. The fourth-order valence-electron chi connectivity index (χ4n) is 3.61. The third-order valence-corrected chi connectivity index (χ3v) is 4.82. The Bertz CT molecular complexity index is 1110. The number of carbonyl (C=O) groups excluding carboxylic acids is 1. The van der Waals surface area contributed by atoms with E-state index in [4.69, 9.17) is 0 Å². The SMILES string of the molecule is O=C1NCCCc2[nH]c3c(ccc4cnc(-c5cccnc5)cc43)c21. The van der Waals surface area contributed by atoms with Crippen molar-refractivity contribution in [3.8, 4) is 11.3 Å². The van der Waals surface area contributed by atoms with Gasteiger partial charge in [-0.05, 0) is 31.0 Å². The van der Waals surface area contributed by atoms with Crippen molar-refractivity contribution in [2.45, 2.75) is 12.8 Å². The molecule has 0 spiro atoms. The van der Waals surface area contributed by atoms with Crippen LogP contribution in [0.5, 0.6) is 0 Å². The molecule has 25 heavy (non-hydrogen) atoms. The van der Waals surface area contributed by atoms with E-state index >= 15 is 0 Å². The first-order valence-corrected chi connectivity index (χ1v) is 8.43. The smallest absolute Gasteiger partial charge is 0.253 e. The van der Waals surface area contributed by atoms with Gasteiger partial charge in [0, 0.05) is 52.6 Å². The Morgan fingerprint density at radius 3 is 2.92 bits per heavy atom. The fraction of sp³-hybridized carbons (Fsp3) is 0.150. The number of rotatable bonds is 1. The van der Waals surface area contributed by atoms with E-state index in [-0.39, 0.29) is 5.91 Å². The Labute approximate surface area is 144 Å². The van der Waals surface area contributed by atoms with Gasteiger partial charge in [-0.25, -0.2) is 0 Å². The van der Waals surface area contributed by atoms with E-state index in [2.05, 4.69) is 26.3 Å². The number of hydrogen-bond donors (Lipinski definition) is 2. The molecule has 1 aliphatic heterocycles. The summed E-state index contributed by atoms with van der Waals surface area (Å²) < 4.78 is 0. The molecule has 0 aliphatic carbocycles. The molecule has 4 heterocycles. The first-order valence-electron chi connectivity index (χ1n) is 8.43. The lowest BCUT2D eigenvalue weighted by Crippen LogP contribution is -2.22. The van der Waals surface area contributed by atoms with E-state index in [0.29, 0.717) is 0 Å². The van der Waals surface area contributed by atoms with Crippen LogP contribution in [-0.2, 0) is 6.42 Å². The summed E-state index contributed by atoms with van der Waals surface area (Å²) in [6.07, 6.45) is 7.27. The van der Waals surface area contributed by atoms with Crippen molar-refractivity contribution >= 4 is 27.6 Å². The van der Waals surface area contributed by atoms with Crippen LogP contribution in [0.25, 0.3) is 32.9 Å². The molecular weight excluding hydrogens is 312 g/mol. The molecule has 0 atom stereocenters. The van der Waals surface area contributed by atoms with Crippen molar-refractivity contribution < 1.29 is 4.79 Å². The van der Waals surface area contributed by atoms with Crippen molar-refractivity contribution in [3.05, 3.63) is 60.2 Å². The Kier molecular flexibility index (Phi) is 3.06. The molecule has 122 valence electrons. The molecule has 3 aromatic heterocycles. The number of benzene rings is 1.